The van der Waals surface area contributed by atoms with Crippen molar-refractivity contribution >= 4 is 60.7 Å². The van der Waals surface area contributed by atoms with Gasteiger partial charge in [0.2, 0.25) is 5.95 Å². The molecule has 4 N–H and O–H groups in total. The quantitative estimate of drug-likeness (QED) is 0.141. The van der Waals surface area contributed by atoms with Crippen LogP contribution in [0.5, 0.6) is 11.6 Å². The fourth-order valence-electron chi connectivity index (χ4n) is 6.16. The number of benzene rings is 3. The van der Waals surface area contributed by atoms with E-state index in [9.17, 15) is 13.5 Å². The van der Waals surface area contributed by atoms with E-state index in [2.05, 4.69) is 39.3 Å². The maximum Gasteiger partial charge on any atom is 0.269 e. The summed E-state index contributed by atoms with van der Waals surface area (Å²) in [6, 6.07) is 20.4. The molecule has 7 rings (SSSR count). The minimum Gasteiger partial charge on any atom is -0.494 e. The molecule has 0 radical (unpaired) electrons. The number of hydrogen-bond acceptors (Lipinski definition) is 10. The highest BCUT2D eigenvalue weighted by molar-refractivity contribution is 7.90. The first-order valence-electron chi connectivity index (χ1n) is 15.8. The second-order valence-electron chi connectivity index (χ2n) is 12.2. The number of nitrogens with one attached hydrogen (secondary N) is 3. The number of H-pyrrole nitrogens is 1. The number of rotatable bonds is 9. The molecule has 1 saturated heterocycles. The van der Waals surface area contributed by atoms with Crippen LogP contribution in [0.1, 0.15) is 19.4 Å². The first kappa shape index (κ1) is 31.3. The Bertz CT molecular complexity index is 2220. The highest BCUT2D eigenvalue weighted by atomic mass is 32.2. The topological polar surface area (TPSA) is 141 Å². The maximum absolute atomic E-state index is 13.9. The van der Waals surface area contributed by atoms with E-state index in [-0.39, 0.29) is 22.4 Å². The van der Waals surface area contributed by atoms with E-state index in [0.29, 0.717) is 39.8 Å². The summed E-state index contributed by atoms with van der Waals surface area (Å²) in [7, 11) is -2.39. The highest BCUT2D eigenvalue weighted by Crippen LogP contribution is 2.37. The molecule has 0 spiro atoms. The Labute approximate surface area is 279 Å². The molecule has 0 amide bonds. The van der Waals surface area contributed by atoms with Crippen molar-refractivity contribution in [3.05, 3.63) is 84.7 Å². The van der Waals surface area contributed by atoms with Crippen LogP contribution in [0.4, 0.5) is 28.8 Å². The van der Waals surface area contributed by atoms with Crippen molar-refractivity contribution in [2.45, 2.75) is 31.7 Å². The monoisotopic (exact) mass is 666 g/mol. The number of aromatic hydroxyl groups is 1. The van der Waals surface area contributed by atoms with Gasteiger partial charge in [0.05, 0.1) is 34.2 Å². The van der Waals surface area contributed by atoms with E-state index in [1.807, 2.05) is 43.3 Å². The lowest BCUT2D eigenvalue weighted by Crippen LogP contribution is -2.48. The molecule has 1 aliphatic heterocycles. The molecule has 0 bridgehead atoms. The van der Waals surface area contributed by atoms with Gasteiger partial charge in [-0.05, 0) is 57.2 Å². The number of methoxy groups -OCH3 is 1. The fraction of sp³-hybridized carbons (Fsp3) is 0.257. The zero-order chi connectivity index (χ0) is 33.6. The molecule has 48 heavy (non-hydrogen) atoms. The minimum absolute atomic E-state index is 0.00622. The molecule has 0 aliphatic carbocycles. The van der Waals surface area contributed by atoms with E-state index in [1.165, 1.54) is 6.20 Å². The number of ether oxygens (including phenoxy) is 1. The number of hydrogen-bond donors (Lipinski definition) is 4. The van der Waals surface area contributed by atoms with Gasteiger partial charge in [-0.25, -0.2) is 12.4 Å². The Morgan fingerprint density at radius 1 is 0.938 bits per heavy atom. The number of piperazine rings is 1. The van der Waals surface area contributed by atoms with Crippen LogP contribution in [0, 0.1) is 6.92 Å². The number of aromatic nitrogens is 4. The van der Waals surface area contributed by atoms with Gasteiger partial charge in [-0.3, -0.25) is 4.90 Å². The molecule has 4 heterocycles. The van der Waals surface area contributed by atoms with Crippen molar-refractivity contribution in [1.29, 1.82) is 0 Å². The average Bonchev–Trinajstić information content (AvgIpc) is 3.70. The van der Waals surface area contributed by atoms with Crippen LogP contribution >= 0.6 is 0 Å². The standard InChI is InChI=1S/C35H38N8O4S/c1-22(2)41-16-18-42(19-17-41)25-10-13-28(30(20-25)47-4)38-35-39-32(37-29-7-5-6-24-21-36-34(44)31(24)29)27-14-15-43(33(27)40-35)48(45,46)26-11-8-23(3)9-12-26/h5-15,20-22,36,44H,16-19H2,1-4H3,(H2,37,38,39,40). The summed E-state index contributed by atoms with van der Waals surface area (Å²) in [6.07, 6.45) is 3.19. The minimum atomic E-state index is -4.00. The van der Waals surface area contributed by atoms with Crippen LogP contribution in [0.25, 0.3) is 21.8 Å². The third kappa shape index (κ3) is 5.75. The first-order valence-corrected chi connectivity index (χ1v) is 17.3. The zero-order valence-electron chi connectivity index (χ0n) is 27.2. The SMILES string of the molecule is COc1cc(N2CCN(C(C)C)CC2)ccc1Nc1nc(Nc2cccc3c[nH]c(O)c23)c2ccn(S(=O)(=O)c3ccc(C)cc3)c2n1. The number of anilines is 5. The van der Waals surface area contributed by atoms with Gasteiger partial charge in [0, 0.05) is 61.8 Å². The van der Waals surface area contributed by atoms with Crippen LogP contribution in [0.2, 0.25) is 0 Å². The molecular weight excluding hydrogens is 629 g/mol. The third-order valence-electron chi connectivity index (χ3n) is 8.88. The summed E-state index contributed by atoms with van der Waals surface area (Å²) in [4.78, 5) is 17.3. The van der Waals surface area contributed by atoms with Crippen molar-refractivity contribution in [3.63, 3.8) is 0 Å². The van der Waals surface area contributed by atoms with Crippen LogP contribution in [-0.4, -0.2) is 76.7 Å². The molecular formula is C35H38N8O4S. The lowest BCUT2D eigenvalue weighted by Gasteiger charge is -2.38. The van der Waals surface area contributed by atoms with Crippen molar-refractivity contribution in [3.8, 4) is 11.6 Å². The average molecular weight is 667 g/mol. The molecule has 3 aromatic carbocycles. The molecule has 248 valence electrons. The van der Waals surface area contributed by atoms with E-state index in [0.717, 1.165) is 46.8 Å². The summed E-state index contributed by atoms with van der Waals surface area (Å²) in [5.74, 6) is 1.12. The molecule has 12 nitrogen and oxygen atoms in total. The fourth-order valence-corrected chi connectivity index (χ4v) is 7.46. The molecule has 0 atom stereocenters. The normalized spacial score (nSPS) is 14.2. The lowest BCUT2D eigenvalue weighted by atomic mass is 10.2. The molecule has 0 unspecified atom stereocenters. The van der Waals surface area contributed by atoms with Crippen molar-refractivity contribution in [2.24, 2.45) is 0 Å². The first-order chi connectivity index (χ1) is 23.1. The summed E-state index contributed by atoms with van der Waals surface area (Å²) in [6.45, 7) is 10.2. The molecule has 6 aromatic rings. The largest absolute Gasteiger partial charge is 0.494 e. The van der Waals surface area contributed by atoms with Gasteiger partial charge < -0.3 is 30.4 Å². The number of fused-ring (bicyclic) bond motifs is 2. The van der Waals surface area contributed by atoms with Gasteiger partial charge >= 0.3 is 0 Å². The van der Waals surface area contributed by atoms with Gasteiger partial charge in [-0.15, -0.1) is 0 Å². The molecule has 13 heteroatoms. The van der Waals surface area contributed by atoms with Crippen LogP contribution in [-0.2, 0) is 10.0 Å². The lowest BCUT2D eigenvalue weighted by molar-refractivity contribution is 0.209. The van der Waals surface area contributed by atoms with Gasteiger partial charge in [-0.2, -0.15) is 9.97 Å². The number of aromatic amines is 1. The molecule has 3 aromatic heterocycles. The van der Waals surface area contributed by atoms with Crippen LogP contribution < -0.4 is 20.3 Å². The smallest absolute Gasteiger partial charge is 0.269 e. The Hall–Kier alpha value is -5.27. The van der Waals surface area contributed by atoms with Crippen molar-refractivity contribution < 1.29 is 18.3 Å². The Balaban J connectivity index is 1.29. The second-order valence-corrected chi connectivity index (χ2v) is 14.0. The predicted molar refractivity (Wildman–Crippen MR) is 190 cm³/mol. The van der Waals surface area contributed by atoms with Crippen LogP contribution in [0.15, 0.2) is 84.0 Å². The Morgan fingerprint density at radius 3 is 2.44 bits per heavy atom. The molecule has 1 fully saturated rings. The number of nitrogens with zero attached hydrogens (tertiary/aromatic N) is 5. The van der Waals surface area contributed by atoms with E-state index < -0.39 is 10.0 Å². The van der Waals surface area contributed by atoms with Crippen LogP contribution in [0.3, 0.4) is 0 Å². The Morgan fingerprint density at radius 2 is 1.71 bits per heavy atom. The van der Waals surface area contributed by atoms with E-state index in [4.69, 9.17) is 14.7 Å². The molecule has 0 saturated carbocycles. The van der Waals surface area contributed by atoms with Crippen molar-refractivity contribution in [1.82, 2.24) is 23.8 Å². The van der Waals surface area contributed by atoms with Gasteiger partial charge in [0.1, 0.15) is 11.6 Å². The summed E-state index contributed by atoms with van der Waals surface area (Å²) in [5.41, 5.74) is 3.39. The summed E-state index contributed by atoms with van der Waals surface area (Å²) >= 11 is 0. The van der Waals surface area contributed by atoms with Gasteiger partial charge in [0.15, 0.2) is 11.5 Å². The zero-order valence-corrected chi connectivity index (χ0v) is 28.0. The van der Waals surface area contributed by atoms with Crippen molar-refractivity contribution in [2.75, 3.05) is 48.8 Å². The van der Waals surface area contributed by atoms with E-state index >= 15 is 0 Å². The maximum atomic E-state index is 13.9. The second kappa shape index (κ2) is 12.4. The summed E-state index contributed by atoms with van der Waals surface area (Å²) in [5, 5.41) is 19.0. The molecule has 1 aliphatic rings. The Kier molecular flexibility index (Phi) is 8.09. The van der Waals surface area contributed by atoms with E-state index in [1.54, 1.807) is 43.6 Å². The predicted octanol–water partition coefficient (Wildman–Crippen LogP) is 6.19. The van der Waals surface area contributed by atoms with Gasteiger partial charge in [0.25, 0.3) is 10.0 Å². The third-order valence-corrected chi connectivity index (χ3v) is 10.6. The highest BCUT2D eigenvalue weighted by Gasteiger charge is 2.24. The number of aryl methyl sites for hydroxylation is 1. The van der Waals surface area contributed by atoms with Gasteiger partial charge in [-0.1, -0.05) is 29.8 Å². The summed E-state index contributed by atoms with van der Waals surface area (Å²) < 4.78 is 34.7.